The highest BCUT2D eigenvalue weighted by Gasteiger charge is 2.28. The van der Waals surface area contributed by atoms with E-state index in [0.29, 0.717) is 6.42 Å². The minimum absolute atomic E-state index is 0.0117. The number of benzene rings is 1. The Labute approximate surface area is 95.4 Å². The Morgan fingerprint density at radius 3 is 2.81 bits per heavy atom. The topological polar surface area (TPSA) is 35.5 Å². The second-order valence-corrected chi connectivity index (χ2v) is 4.02. The highest BCUT2D eigenvalue weighted by Crippen LogP contribution is 2.33. The molecule has 0 spiro atoms. The maximum atomic E-state index is 11.1. The molecule has 3 nitrogen and oxygen atoms in total. The maximum absolute atomic E-state index is 11.1. The minimum Gasteiger partial charge on any atom is -0.469 e. The average molecular weight is 220 g/mol. The Kier molecular flexibility index (Phi) is 3.57. The molecule has 1 aliphatic heterocycles. The molecule has 1 heterocycles. The molecule has 1 fully saturated rings. The fraction of sp³-hybridized carbons (Fsp3) is 0.462. The van der Waals surface area contributed by atoms with Crippen molar-refractivity contribution in [2.45, 2.75) is 31.5 Å². The van der Waals surface area contributed by atoms with Gasteiger partial charge in [0.15, 0.2) is 0 Å². The zero-order chi connectivity index (χ0) is 11.4. The molecule has 0 aromatic heterocycles. The first-order valence-corrected chi connectivity index (χ1v) is 5.57. The molecule has 0 radical (unpaired) electrons. The predicted octanol–water partition coefficient (Wildman–Crippen LogP) is 2.47. The van der Waals surface area contributed by atoms with Crippen LogP contribution in [0.25, 0.3) is 0 Å². The zero-order valence-corrected chi connectivity index (χ0v) is 9.39. The molecule has 86 valence electrons. The Balaban J connectivity index is 1.91. The molecule has 0 amide bonds. The third kappa shape index (κ3) is 2.61. The van der Waals surface area contributed by atoms with E-state index >= 15 is 0 Å². The van der Waals surface area contributed by atoms with Crippen molar-refractivity contribution in [2.24, 2.45) is 0 Å². The molecule has 1 aliphatic rings. The SMILES string of the molecule is COC(=O)C[C@H]1CCC(c2ccccc2)O1. The molecule has 1 aromatic carbocycles. The van der Waals surface area contributed by atoms with Crippen LogP contribution in [0, 0.1) is 0 Å². The highest BCUT2D eigenvalue weighted by atomic mass is 16.5. The third-order valence-corrected chi connectivity index (χ3v) is 2.90. The number of ether oxygens (including phenoxy) is 2. The van der Waals surface area contributed by atoms with E-state index in [1.54, 1.807) is 0 Å². The first-order valence-electron chi connectivity index (χ1n) is 5.57. The monoisotopic (exact) mass is 220 g/mol. The molecule has 3 heteroatoms. The summed E-state index contributed by atoms with van der Waals surface area (Å²) in [6, 6.07) is 10.1. The number of rotatable bonds is 3. The van der Waals surface area contributed by atoms with Gasteiger partial charge < -0.3 is 9.47 Å². The summed E-state index contributed by atoms with van der Waals surface area (Å²) in [5, 5.41) is 0. The molecule has 2 atom stereocenters. The van der Waals surface area contributed by atoms with Crippen molar-refractivity contribution in [2.75, 3.05) is 7.11 Å². The summed E-state index contributed by atoms with van der Waals surface area (Å²) in [7, 11) is 1.41. The molecule has 0 bridgehead atoms. The van der Waals surface area contributed by atoms with Crippen molar-refractivity contribution in [1.82, 2.24) is 0 Å². The molecule has 1 unspecified atom stereocenters. The van der Waals surface area contributed by atoms with Gasteiger partial charge in [-0.15, -0.1) is 0 Å². The van der Waals surface area contributed by atoms with E-state index in [-0.39, 0.29) is 18.2 Å². The van der Waals surface area contributed by atoms with Crippen molar-refractivity contribution >= 4 is 5.97 Å². The van der Waals surface area contributed by atoms with Crippen LogP contribution in [0.2, 0.25) is 0 Å². The molecule has 0 N–H and O–H groups in total. The van der Waals surface area contributed by atoms with E-state index in [9.17, 15) is 4.79 Å². The van der Waals surface area contributed by atoms with Crippen LogP contribution in [-0.4, -0.2) is 19.2 Å². The smallest absolute Gasteiger partial charge is 0.308 e. The van der Waals surface area contributed by atoms with Crippen molar-refractivity contribution in [3.8, 4) is 0 Å². The standard InChI is InChI=1S/C13H16O3/c1-15-13(14)9-11-7-8-12(16-11)10-5-3-2-4-6-10/h2-6,11-12H,7-9H2,1H3/t11-,12?/m1/s1. The van der Waals surface area contributed by atoms with Crippen LogP contribution in [0.1, 0.15) is 30.9 Å². The van der Waals surface area contributed by atoms with E-state index in [4.69, 9.17) is 4.74 Å². The molecule has 1 aromatic rings. The Hall–Kier alpha value is -1.35. The Bertz CT molecular complexity index is 347. The van der Waals surface area contributed by atoms with Crippen LogP contribution in [0.5, 0.6) is 0 Å². The number of carbonyl (C=O) groups is 1. The normalized spacial score (nSPS) is 24.3. The summed E-state index contributed by atoms with van der Waals surface area (Å²) in [5.41, 5.74) is 1.19. The number of hydrogen-bond donors (Lipinski definition) is 0. The van der Waals surface area contributed by atoms with Gasteiger partial charge in [-0.3, -0.25) is 4.79 Å². The Morgan fingerprint density at radius 1 is 1.38 bits per heavy atom. The van der Waals surface area contributed by atoms with Crippen LogP contribution in [-0.2, 0) is 14.3 Å². The van der Waals surface area contributed by atoms with Gasteiger partial charge in [0.25, 0.3) is 0 Å². The van der Waals surface area contributed by atoms with Gasteiger partial charge in [-0.1, -0.05) is 30.3 Å². The van der Waals surface area contributed by atoms with E-state index < -0.39 is 0 Å². The van der Waals surface area contributed by atoms with Gasteiger partial charge in [0, 0.05) is 0 Å². The quantitative estimate of drug-likeness (QED) is 0.734. The average Bonchev–Trinajstić information content (AvgIpc) is 2.78. The minimum atomic E-state index is -0.196. The lowest BCUT2D eigenvalue weighted by Crippen LogP contribution is -2.14. The van der Waals surface area contributed by atoms with Crippen molar-refractivity contribution in [1.29, 1.82) is 0 Å². The summed E-state index contributed by atoms with van der Waals surface area (Å²) in [5.74, 6) is -0.196. The van der Waals surface area contributed by atoms with Gasteiger partial charge in [0.2, 0.25) is 0 Å². The largest absolute Gasteiger partial charge is 0.469 e. The lowest BCUT2D eigenvalue weighted by atomic mass is 10.1. The highest BCUT2D eigenvalue weighted by molar-refractivity contribution is 5.69. The number of hydrogen-bond acceptors (Lipinski definition) is 3. The summed E-state index contributed by atoms with van der Waals surface area (Å²) >= 11 is 0. The summed E-state index contributed by atoms with van der Waals surface area (Å²) in [4.78, 5) is 11.1. The predicted molar refractivity (Wildman–Crippen MR) is 59.9 cm³/mol. The van der Waals surface area contributed by atoms with E-state index in [1.807, 2.05) is 18.2 Å². The zero-order valence-electron chi connectivity index (χ0n) is 9.39. The van der Waals surface area contributed by atoms with E-state index in [1.165, 1.54) is 12.7 Å². The summed E-state index contributed by atoms with van der Waals surface area (Å²) < 4.78 is 10.5. The van der Waals surface area contributed by atoms with E-state index in [2.05, 4.69) is 16.9 Å². The number of methoxy groups -OCH3 is 1. The van der Waals surface area contributed by atoms with Crippen LogP contribution in [0.4, 0.5) is 0 Å². The van der Waals surface area contributed by atoms with Gasteiger partial charge in [-0.25, -0.2) is 0 Å². The Morgan fingerprint density at radius 2 is 2.12 bits per heavy atom. The second-order valence-electron chi connectivity index (χ2n) is 4.02. The number of esters is 1. The lowest BCUT2D eigenvalue weighted by molar-refractivity contribution is -0.143. The van der Waals surface area contributed by atoms with Crippen LogP contribution >= 0.6 is 0 Å². The van der Waals surface area contributed by atoms with Gasteiger partial charge >= 0.3 is 5.97 Å². The number of carbonyl (C=O) groups excluding carboxylic acids is 1. The molecule has 0 aliphatic carbocycles. The molecule has 2 rings (SSSR count). The first-order chi connectivity index (χ1) is 7.79. The summed E-state index contributed by atoms with van der Waals surface area (Å²) in [6.07, 6.45) is 2.41. The molecule has 0 saturated carbocycles. The van der Waals surface area contributed by atoms with Gasteiger partial charge in [-0.05, 0) is 18.4 Å². The maximum Gasteiger partial charge on any atom is 0.308 e. The van der Waals surface area contributed by atoms with Gasteiger partial charge in [0.1, 0.15) is 0 Å². The second kappa shape index (κ2) is 5.12. The molecule has 1 saturated heterocycles. The summed E-state index contributed by atoms with van der Waals surface area (Å²) in [6.45, 7) is 0. The first kappa shape index (κ1) is 11.1. The third-order valence-electron chi connectivity index (χ3n) is 2.90. The van der Waals surface area contributed by atoms with Crippen LogP contribution < -0.4 is 0 Å². The van der Waals surface area contributed by atoms with Crippen LogP contribution in [0.3, 0.4) is 0 Å². The van der Waals surface area contributed by atoms with Crippen molar-refractivity contribution in [3.63, 3.8) is 0 Å². The fourth-order valence-corrected chi connectivity index (χ4v) is 2.04. The fourth-order valence-electron chi connectivity index (χ4n) is 2.04. The van der Waals surface area contributed by atoms with E-state index in [0.717, 1.165) is 12.8 Å². The van der Waals surface area contributed by atoms with Crippen molar-refractivity contribution in [3.05, 3.63) is 35.9 Å². The molecule has 16 heavy (non-hydrogen) atoms. The molecular weight excluding hydrogens is 204 g/mol. The van der Waals surface area contributed by atoms with Crippen molar-refractivity contribution < 1.29 is 14.3 Å². The van der Waals surface area contributed by atoms with Gasteiger partial charge in [-0.2, -0.15) is 0 Å². The van der Waals surface area contributed by atoms with Crippen LogP contribution in [0.15, 0.2) is 30.3 Å². The van der Waals surface area contributed by atoms with Gasteiger partial charge in [0.05, 0.1) is 25.7 Å². The molecular formula is C13H16O3. The lowest BCUT2D eigenvalue weighted by Gasteiger charge is -2.12.